The first-order valence-electron chi connectivity index (χ1n) is 9.83. The van der Waals surface area contributed by atoms with Crippen molar-refractivity contribution in [1.82, 2.24) is 10.2 Å². The maximum atomic E-state index is 13.0. The van der Waals surface area contributed by atoms with E-state index in [2.05, 4.69) is 10.2 Å². The van der Waals surface area contributed by atoms with Gasteiger partial charge >= 0.3 is 0 Å². The molecule has 1 spiro atoms. The van der Waals surface area contributed by atoms with Gasteiger partial charge in [-0.1, -0.05) is 0 Å². The van der Waals surface area contributed by atoms with Gasteiger partial charge in [-0.2, -0.15) is 0 Å². The van der Waals surface area contributed by atoms with E-state index < -0.39 is 0 Å². The second-order valence-corrected chi connectivity index (χ2v) is 8.73. The van der Waals surface area contributed by atoms with Gasteiger partial charge in [-0.25, -0.2) is 0 Å². The van der Waals surface area contributed by atoms with Gasteiger partial charge in [0.25, 0.3) is 5.91 Å². The highest BCUT2D eigenvalue weighted by Crippen LogP contribution is 2.62. The second kappa shape index (κ2) is 5.84. The molecule has 5 rings (SSSR count). The molecular formula is C20H26N2O4. The van der Waals surface area contributed by atoms with E-state index in [0.29, 0.717) is 30.7 Å². The molecule has 2 atom stereocenters. The van der Waals surface area contributed by atoms with Crippen LogP contribution in [0.1, 0.15) is 49.1 Å². The third-order valence-electron chi connectivity index (χ3n) is 6.82. The maximum Gasteiger partial charge on any atom is 0.287 e. The monoisotopic (exact) mass is 358 g/mol. The Kier molecular flexibility index (Phi) is 3.68. The number of nitrogens with one attached hydrogen (secondary N) is 1. The molecule has 2 unspecified atom stereocenters. The van der Waals surface area contributed by atoms with Crippen molar-refractivity contribution in [3.8, 4) is 0 Å². The lowest BCUT2D eigenvalue weighted by atomic mass is 9.84. The minimum absolute atomic E-state index is 0.0153. The smallest absolute Gasteiger partial charge is 0.287 e. The summed E-state index contributed by atoms with van der Waals surface area (Å²) in [6.07, 6.45) is 8.11. The van der Waals surface area contributed by atoms with Crippen LogP contribution in [0, 0.1) is 16.7 Å². The molecule has 2 saturated heterocycles. The molecule has 6 heteroatoms. The number of carbonyl (C=O) groups excluding carboxylic acids is 2. The predicted molar refractivity (Wildman–Crippen MR) is 93.4 cm³/mol. The number of ether oxygens (including phenoxy) is 1. The number of hydrogen-bond acceptors (Lipinski definition) is 4. The van der Waals surface area contributed by atoms with Gasteiger partial charge in [-0.05, 0) is 56.6 Å². The molecule has 1 aromatic rings. The van der Waals surface area contributed by atoms with Crippen LogP contribution in [-0.4, -0.2) is 49.1 Å². The van der Waals surface area contributed by atoms with Crippen LogP contribution in [0.5, 0.6) is 0 Å². The predicted octanol–water partition coefficient (Wildman–Crippen LogP) is 2.21. The normalized spacial score (nSPS) is 32.2. The molecule has 1 aromatic heterocycles. The molecule has 0 bridgehead atoms. The van der Waals surface area contributed by atoms with Crippen LogP contribution in [-0.2, 0) is 9.53 Å². The first-order chi connectivity index (χ1) is 12.6. The molecule has 1 N–H and O–H groups in total. The number of nitrogens with zero attached hydrogens (tertiary/aromatic N) is 1. The third kappa shape index (κ3) is 2.75. The van der Waals surface area contributed by atoms with Crippen molar-refractivity contribution < 1.29 is 18.7 Å². The highest BCUT2D eigenvalue weighted by molar-refractivity contribution is 5.91. The van der Waals surface area contributed by atoms with Crippen molar-refractivity contribution in [2.75, 3.05) is 26.2 Å². The zero-order valence-electron chi connectivity index (χ0n) is 15.0. The molecule has 26 heavy (non-hydrogen) atoms. The van der Waals surface area contributed by atoms with E-state index in [-0.39, 0.29) is 22.8 Å². The molecule has 2 amide bonds. The first-order valence-corrected chi connectivity index (χ1v) is 9.83. The van der Waals surface area contributed by atoms with E-state index in [1.807, 2.05) is 0 Å². The van der Waals surface area contributed by atoms with Crippen LogP contribution in [0.15, 0.2) is 22.8 Å². The van der Waals surface area contributed by atoms with Crippen LogP contribution < -0.4 is 5.32 Å². The van der Waals surface area contributed by atoms with Crippen LogP contribution in [0.2, 0.25) is 0 Å². The van der Waals surface area contributed by atoms with Gasteiger partial charge < -0.3 is 19.4 Å². The molecule has 6 nitrogen and oxygen atoms in total. The molecule has 4 fully saturated rings. The molecule has 140 valence electrons. The van der Waals surface area contributed by atoms with E-state index >= 15 is 0 Å². The van der Waals surface area contributed by atoms with E-state index in [0.717, 1.165) is 38.8 Å². The summed E-state index contributed by atoms with van der Waals surface area (Å²) < 4.78 is 11.1. The molecule has 0 aromatic carbocycles. The summed E-state index contributed by atoms with van der Waals surface area (Å²) in [5.74, 6) is 1.19. The van der Waals surface area contributed by atoms with Crippen LogP contribution >= 0.6 is 0 Å². The summed E-state index contributed by atoms with van der Waals surface area (Å²) in [6, 6.07) is 3.36. The zero-order chi connectivity index (χ0) is 17.8. The molecular weight excluding hydrogens is 332 g/mol. The largest absolute Gasteiger partial charge is 0.459 e. The highest BCUT2D eigenvalue weighted by Gasteiger charge is 2.61. The summed E-state index contributed by atoms with van der Waals surface area (Å²) in [4.78, 5) is 27.1. The number of likely N-dealkylation sites (tertiary alicyclic amines) is 1. The fourth-order valence-electron chi connectivity index (χ4n) is 5.00. The summed E-state index contributed by atoms with van der Waals surface area (Å²) in [6.45, 7) is 2.86. The Morgan fingerprint density at radius 3 is 2.81 bits per heavy atom. The van der Waals surface area contributed by atoms with Crippen molar-refractivity contribution in [2.45, 2.75) is 44.6 Å². The topological polar surface area (TPSA) is 71.8 Å². The number of amides is 2. The maximum absolute atomic E-state index is 13.0. The van der Waals surface area contributed by atoms with Crippen molar-refractivity contribution >= 4 is 11.8 Å². The molecule has 4 aliphatic rings. The summed E-state index contributed by atoms with van der Waals surface area (Å²) >= 11 is 0. The van der Waals surface area contributed by atoms with E-state index in [1.54, 1.807) is 12.1 Å². The van der Waals surface area contributed by atoms with Gasteiger partial charge in [0.15, 0.2) is 5.76 Å². The van der Waals surface area contributed by atoms with Crippen LogP contribution in [0.25, 0.3) is 0 Å². The van der Waals surface area contributed by atoms with Gasteiger partial charge in [-0.3, -0.25) is 9.59 Å². The molecule has 3 heterocycles. The molecule has 2 aliphatic heterocycles. The van der Waals surface area contributed by atoms with E-state index in [1.165, 1.54) is 19.1 Å². The lowest BCUT2D eigenvalue weighted by Crippen LogP contribution is -2.38. The average Bonchev–Trinajstić information content (AvgIpc) is 3.51. The third-order valence-corrected chi connectivity index (χ3v) is 6.82. The quantitative estimate of drug-likeness (QED) is 0.876. The Hall–Kier alpha value is -1.82. The van der Waals surface area contributed by atoms with Gasteiger partial charge in [0.2, 0.25) is 5.91 Å². The van der Waals surface area contributed by atoms with Crippen molar-refractivity contribution in [3.05, 3.63) is 24.2 Å². The zero-order valence-corrected chi connectivity index (χ0v) is 15.0. The van der Waals surface area contributed by atoms with Crippen LogP contribution in [0.4, 0.5) is 0 Å². The number of rotatable bonds is 5. The summed E-state index contributed by atoms with van der Waals surface area (Å²) in [5.41, 5.74) is 0.0940. The Morgan fingerprint density at radius 1 is 1.27 bits per heavy atom. The average molecular weight is 358 g/mol. The second-order valence-electron chi connectivity index (χ2n) is 8.73. The lowest BCUT2D eigenvalue weighted by molar-refractivity contribution is -0.137. The van der Waals surface area contributed by atoms with Crippen molar-refractivity contribution in [1.29, 1.82) is 0 Å². The molecule has 2 saturated carbocycles. The van der Waals surface area contributed by atoms with Gasteiger partial charge in [0, 0.05) is 25.0 Å². The molecule has 2 aliphatic carbocycles. The minimum atomic E-state index is -0.206. The summed E-state index contributed by atoms with van der Waals surface area (Å²) in [7, 11) is 0. The fraction of sp³-hybridized carbons (Fsp3) is 0.700. The Morgan fingerprint density at radius 2 is 2.12 bits per heavy atom. The molecule has 0 radical (unpaired) electrons. The van der Waals surface area contributed by atoms with Crippen molar-refractivity contribution in [3.63, 3.8) is 0 Å². The standard InChI is InChI=1S/C20H26N2O4/c23-17(16-2-1-9-25-16)21-11-15-10-19(13-26-15)7-8-22(12-19)18(24)20(5-6-20)14-3-4-14/h1-2,9,14-15H,3-8,10-13H2,(H,21,23). The lowest BCUT2D eigenvalue weighted by Gasteiger charge is -2.26. The van der Waals surface area contributed by atoms with Gasteiger partial charge in [-0.15, -0.1) is 0 Å². The summed E-state index contributed by atoms with van der Waals surface area (Å²) in [5, 5.41) is 2.89. The van der Waals surface area contributed by atoms with Gasteiger partial charge in [0.1, 0.15) is 0 Å². The number of hydrogen-bond donors (Lipinski definition) is 1. The Balaban J connectivity index is 1.15. The van der Waals surface area contributed by atoms with E-state index in [4.69, 9.17) is 9.15 Å². The minimum Gasteiger partial charge on any atom is -0.459 e. The number of furan rings is 1. The van der Waals surface area contributed by atoms with E-state index in [9.17, 15) is 9.59 Å². The highest BCUT2D eigenvalue weighted by atomic mass is 16.5. The SMILES string of the molecule is O=C(NCC1CC2(CCN(C(=O)C3(C4CC4)CC3)C2)CO1)c1ccco1. The Labute approximate surface area is 153 Å². The first kappa shape index (κ1) is 16.4. The number of carbonyl (C=O) groups is 2. The van der Waals surface area contributed by atoms with Crippen LogP contribution in [0.3, 0.4) is 0 Å². The Bertz CT molecular complexity index is 707. The van der Waals surface area contributed by atoms with Gasteiger partial charge in [0.05, 0.1) is 24.4 Å². The van der Waals surface area contributed by atoms with Crippen molar-refractivity contribution in [2.24, 2.45) is 16.7 Å². The fourth-order valence-corrected chi connectivity index (χ4v) is 5.00.